The van der Waals surface area contributed by atoms with Crippen LogP contribution in [0.5, 0.6) is 0 Å². The molecule has 0 aromatic heterocycles. The van der Waals surface area contributed by atoms with E-state index in [9.17, 15) is 9.59 Å². The zero-order valence-corrected chi connectivity index (χ0v) is 22.9. The zero-order valence-electron chi connectivity index (χ0n) is 19.8. The van der Waals surface area contributed by atoms with Gasteiger partial charge in [0, 0.05) is 23.5 Å². The smallest absolute Gasteiger partial charge is 0.243 e. The molecule has 0 aliphatic heterocycles. The van der Waals surface area contributed by atoms with Crippen LogP contribution in [0.4, 0.5) is 0 Å². The summed E-state index contributed by atoms with van der Waals surface area (Å²) in [6.07, 6.45) is 1.31. The van der Waals surface area contributed by atoms with Gasteiger partial charge in [-0.1, -0.05) is 94.6 Å². The standard InChI is InChI=1S/C28H29BrCl2N2O2/c1-3-19(2)32-28(35)26(16-20-8-5-4-6-9-20)33(18-22-10-7-11-23(29)14-22)27(34)17-21-12-13-24(30)25(31)15-21/h4-15,19,26H,3,16-18H2,1-2H3,(H,32,35)/t19-,26+/m0/s1. The number of rotatable bonds is 10. The summed E-state index contributed by atoms with van der Waals surface area (Å²) in [4.78, 5) is 28.9. The Labute approximate surface area is 225 Å². The van der Waals surface area contributed by atoms with Gasteiger partial charge in [-0.15, -0.1) is 0 Å². The molecule has 7 heteroatoms. The van der Waals surface area contributed by atoms with Crippen molar-refractivity contribution in [3.63, 3.8) is 0 Å². The van der Waals surface area contributed by atoms with E-state index in [4.69, 9.17) is 23.2 Å². The van der Waals surface area contributed by atoms with Crippen LogP contribution in [0.15, 0.2) is 77.3 Å². The van der Waals surface area contributed by atoms with Crippen molar-refractivity contribution < 1.29 is 9.59 Å². The Balaban J connectivity index is 1.98. The van der Waals surface area contributed by atoms with Gasteiger partial charge in [-0.2, -0.15) is 0 Å². The average Bonchev–Trinajstić information content (AvgIpc) is 2.84. The molecule has 4 nitrogen and oxygen atoms in total. The van der Waals surface area contributed by atoms with Crippen LogP contribution in [-0.2, 0) is 29.0 Å². The second-order valence-electron chi connectivity index (χ2n) is 8.60. The number of amides is 2. The molecular formula is C28H29BrCl2N2O2. The van der Waals surface area contributed by atoms with Crippen LogP contribution >= 0.6 is 39.1 Å². The summed E-state index contributed by atoms with van der Waals surface area (Å²) in [6, 6.07) is 22.0. The van der Waals surface area contributed by atoms with E-state index in [2.05, 4.69) is 21.2 Å². The lowest BCUT2D eigenvalue weighted by Gasteiger charge is -2.32. The number of hydrogen-bond acceptors (Lipinski definition) is 2. The Morgan fingerprint density at radius 2 is 1.63 bits per heavy atom. The van der Waals surface area contributed by atoms with Gasteiger partial charge in [0.15, 0.2) is 0 Å². The lowest BCUT2D eigenvalue weighted by molar-refractivity contribution is -0.141. The highest BCUT2D eigenvalue weighted by Crippen LogP contribution is 2.24. The summed E-state index contributed by atoms with van der Waals surface area (Å²) in [5.74, 6) is -0.329. The molecule has 0 radical (unpaired) electrons. The summed E-state index contributed by atoms with van der Waals surface area (Å²) in [7, 11) is 0. The second kappa shape index (κ2) is 13.1. The van der Waals surface area contributed by atoms with Crippen LogP contribution in [0, 0.1) is 0 Å². The van der Waals surface area contributed by atoms with Gasteiger partial charge in [-0.05, 0) is 54.3 Å². The Bertz CT molecular complexity index is 1160. The van der Waals surface area contributed by atoms with Crippen molar-refractivity contribution in [3.05, 3.63) is 104 Å². The van der Waals surface area contributed by atoms with Crippen molar-refractivity contribution in [1.82, 2.24) is 10.2 Å². The fourth-order valence-corrected chi connectivity index (χ4v) is 4.52. The number of hydrogen-bond donors (Lipinski definition) is 1. The van der Waals surface area contributed by atoms with Gasteiger partial charge in [0.2, 0.25) is 11.8 Å². The third-order valence-corrected chi connectivity index (χ3v) is 7.09. The topological polar surface area (TPSA) is 49.4 Å². The van der Waals surface area contributed by atoms with Gasteiger partial charge in [0.1, 0.15) is 6.04 Å². The Kier molecular flexibility index (Phi) is 10.2. The molecule has 0 saturated heterocycles. The number of carbonyl (C=O) groups is 2. The Morgan fingerprint density at radius 3 is 2.29 bits per heavy atom. The van der Waals surface area contributed by atoms with E-state index in [0.29, 0.717) is 23.0 Å². The number of benzene rings is 3. The van der Waals surface area contributed by atoms with Crippen LogP contribution in [0.25, 0.3) is 0 Å². The van der Waals surface area contributed by atoms with Crippen LogP contribution in [0.3, 0.4) is 0 Å². The molecule has 3 rings (SSSR count). The number of nitrogens with zero attached hydrogens (tertiary/aromatic N) is 1. The number of carbonyl (C=O) groups excluding carboxylic acids is 2. The summed E-state index contributed by atoms with van der Waals surface area (Å²) in [5.41, 5.74) is 2.65. The first-order chi connectivity index (χ1) is 16.8. The predicted molar refractivity (Wildman–Crippen MR) is 147 cm³/mol. The summed E-state index contributed by atoms with van der Waals surface area (Å²) in [6.45, 7) is 4.28. The fourth-order valence-electron chi connectivity index (χ4n) is 3.75. The molecular weight excluding hydrogens is 547 g/mol. The highest BCUT2D eigenvalue weighted by atomic mass is 79.9. The molecule has 2 amide bonds. The van der Waals surface area contributed by atoms with Crippen LogP contribution in [0.1, 0.15) is 37.0 Å². The minimum Gasteiger partial charge on any atom is -0.352 e. The normalized spacial score (nSPS) is 12.6. The predicted octanol–water partition coefficient (Wildman–Crippen LogP) is 6.85. The van der Waals surface area contributed by atoms with Crippen molar-refractivity contribution >= 4 is 50.9 Å². The van der Waals surface area contributed by atoms with E-state index in [1.54, 1.807) is 23.1 Å². The highest BCUT2D eigenvalue weighted by Gasteiger charge is 2.31. The van der Waals surface area contributed by atoms with Crippen LogP contribution in [-0.4, -0.2) is 28.8 Å². The molecule has 0 spiro atoms. The third-order valence-electron chi connectivity index (χ3n) is 5.85. The number of nitrogens with one attached hydrogen (secondary N) is 1. The van der Waals surface area contributed by atoms with Gasteiger partial charge in [-0.3, -0.25) is 9.59 Å². The van der Waals surface area contributed by atoms with Crippen molar-refractivity contribution in [1.29, 1.82) is 0 Å². The molecule has 35 heavy (non-hydrogen) atoms. The Morgan fingerprint density at radius 1 is 0.914 bits per heavy atom. The van der Waals surface area contributed by atoms with Crippen LogP contribution < -0.4 is 5.32 Å². The molecule has 3 aromatic carbocycles. The van der Waals surface area contributed by atoms with Gasteiger partial charge < -0.3 is 10.2 Å². The third kappa shape index (κ3) is 8.09. The van der Waals surface area contributed by atoms with Crippen molar-refractivity contribution in [2.45, 2.75) is 51.7 Å². The average molecular weight is 576 g/mol. The molecule has 0 fully saturated rings. The van der Waals surface area contributed by atoms with E-state index in [1.807, 2.05) is 68.4 Å². The molecule has 1 N–H and O–H groups in total. The minimum atomic E-state index is -0.680. The first-order valence-electron chi connectivity index (χ1n) is 11.6. The van der Waals surface area contributed by atoms with E-state index < -0.39 is 6.04 Å². The molecule has 3 aromatic rings. The zero-order chi connectivity index (χ0) is 25.4. The van der Waals surface area contributed by atoms with Crippen molar-refractivity contribution in [2.24, 2.45) is 0 Å². The number of halogens is 3. The second-order valence-corrected chi connectivity index (χ2v) is 10.3. The molecule has 0 aliphatic carbocycles. The maximum Gasteiger partial charge on any atom is 0.243 e. The van der Waals surface area contributed by atoms with Gasteiger partial charge in [-0.25, -0.2) is 0 Å². The van der Waals surface area contributed by atoms with E-state index in [-0.39, 0.29) is 24.3 Å². The quantitative estimate of drug-likeness (QED) is 0.287. The summed E-state index contributed by atoms with van der Waals surface area (Å²) < 4.78 is 0.913. The SMILES string of the molecule is CC[C@H](C)NC(=O)[C@@H](Cc1ccccc1)N(Cc1cccc(Br)c1)C(=O)Cc1ccc(Cl)c(Cl)c1. The van der Waals surface area contributed by atoms with E-state index in [1.165, 1.54) is 0 Å². The molecule has 0 aliphatic rings. The molecule has 184 valence electrons. The van der Waals surface area contributed by atoms with Crippen molar-refractivity contribution in [3.8, 4) is 0 Å². The van der Waals surface area contributed by atoms with Gasteiger partial charge in [0.25, 0.3) is 0 Å². The van der Waals surface area contributed by atoms with E-state index >= 15 is 0 Å². The highest BCUT2D eigenvalue weighted by molar-refractivity contribution is 9.10. The summed E-state index contributed by atoms with van der Waals surface area (Å²) >= 11 is 15.8. The van der Waals surface area contributed by atoms with Crippen molar-refractivity contribution in [2.75, 3.05) is 0 Å². The maximum absolute atomic E-state index is 13.7. The summed E-state index contributed by atoms with van der Waals surface area (Å²) in [5, 5.41) is 3.91. The molecule has 0 bridgehead atoms. The van der Waals surface area contributed by atoms with E-state index in [0.717, 1.165) is 27.6 Å². The fraction of sp³-hybridized carbons (Fsp3) is 0.286. The first-order valence-corrected chi connectivity index (χ1v) is 13.1. The Hall–Kier alpha value is -2.34. The van der Waals surface area contributed by atoms with Gasteiger partial charge >= 0.3 is 0 Å². The lowest BCUT2D eigenvalue weighted by atomic mass is 10.0. The minimum absolute atomic E-state index is 0.00123. The lowest BCUT2D eigenvalue weighted by Crippen LogP contribution is -2.52. The maximum atomic E-state index is 13.7. The monoisotopic (exact) mass is 574 g/mol. The molecule has 0 heterocycles. The molecule has 0 saturated carbocycles. The first kappa shape index (κ1) is 27.3. The van der Waals surface area contributed by atoms with Crippen LogP contribution in [0.2, 0.25) is 10.0 Å². The molecule has 2 atom stereocenters. The van der Waals surface area contributed by atoms with Gasteiger partial charge in [0.05, 0.1) is 16.5 Å². The largest absolute Gasteiger partial charge is 0.352 e. The molecule has 0 unspecified atom stereocenters.